The normalized spacial score (nSPS) is 11.1. The van der Waals surface area contributed by atoms with Gasteiger partial charge in [-0.25, -0.2) is 0 Å². The maximum absolute atomic E-state index is 12.0. The second-order valence-corrected chi connectivity index (χ2v) is 7.47. The van der Waals surface area contributed by atoms with Gasteiger partial charge in [0, 0.05) is 0 Å². The van der Waals surface area contributed by atoms with Crippen molar-refractivity contribution in [1.29, 1.82) is 0 Å². The monoisotopic (exact) mass is 351 g/mol. The molecule has 106 valence electrons. The summed E-state index contributed by atoms with van der Waals surface area (Å²) in [7, 11) is 0. The summed E-state index contributed by atoms with van der Waals surface area (Å²) in [6, 6.07) is 22.2. The van der Waals surface area contributed by atoms with Crippen molar-refractivity contribution in [2.24, 2.45) is 0 Å². The van der Waals surface area contributed by atoms with Crippen LogP contribution < -0.4 is 14.4 Å². The van der Waals surface area contributed by atoms with E-state index in [1.54, 1.807) is 12.1 Å². The van der Waals surface area contributed by atoms with E-state index in [1.807, 2.05) is 18.3 Å². The number of aromatic amines is 1. The van der Waals surface area contributed by atoms with Gasteiger partial charge in [-0.2, -0.15) is 0 Å². The van der Waals surface area contributed by atoms with Crippen LogP contribution in [0.15, 0.2) is 77.7 Å². The molecule has 0 saturated carbocycles. The van der Waals surface area contributed by atoms with Crippen LogP contribution in [-0.2, 0) is 0 Å². The topological polar surface area (TPSA) is 32.9 Å². The van der Waals surface area contributed by atoms with Crippen LogP contribution in [0, 0.1) is 0 Å². The van der Waals surface area contributed by atoms with E-state index >= 15 is 0 Å². The van der Waals surface area contributed by atoms with Gasteiger partial charge in [-0.1, -0.05) is 0 Å². The van der Waals surface area contributed by atoms with Gasteiger partial charge in [0.1, 0.15) is 0 Å². The Kier molecular flexibility index (Phi) is 3.30. The van der Waals surface area contributed by atoms with Crippen molar-refractivity contribution >= 4 is 34.7 Å². The first-order valence-electron chi connectivity index (χ1n) is 7.08. The van der Waals surface area contributed by atoms with E-state index in [9.17, 15) is 4.79 Å². The molecule has 0 atom stereocenters. The number of hydrogen-bond acceptors (Lipinski definition) is 1. The Hall–Kier alpha value is -2.35. The number of aromatic nitrogens is 1. The summed E-state index contributed by atoms with van der Waals surface area (Å²) in [5.74, 6) is 0. The summed E-state index contributed by atoms with van der Waals surface area (Å²) in [5, 5.41) is 2.55. The van der Waals surface area contributed by atoms with Crippen molar-refractivity contribution in [2.75, 3.05) is 0 Å². The molecule has 1 aliphatic heterocycles. The summed E-state index contributed by atoms with van der Waals surface area (Å²) in [5.41, 5.74) is 1.73. The van der Waals surface area contributed by atoms with Crippen molar-refractivity contribution in [3.8, 4) is 11.3 Å². The number of H-pyrrole nitrogens is 1. The van der Waals surface area contributed by atoms with Crippen molar-refractivity contribution in [3.63, 3.8) is 0 Å². The molecule has 2 aromatic rings. The molecule has 0 unspecified atom stereocenters. The van der Waals surface area contributed by atoms with Gasteiger partial charge in [0.05, 0.1) is 0 Å². The van der Waals surface area contributed by atoms with Crippen LogP contribution in [0.5, 0.6) is 0 Å². The van der Waals surface area contributed by atoms with Crippen LogP contribution in [0.25, 0.3) is 22.0 Å². The van der Waals surface area contributed by atoms with Gasteiger partial charge in [0.25, 0.3) is 0 Å². The Morgan fingerprint density at radius 1 is 0.864 bits per heavy atom. The number of pyridine rings is 1. The first-order valence-corrected chi connectivity index (χ1v) is 8.80. The zero-order valence-corrected chi connectivity index (χ0v) is 13.5. The molecule has 1 aliphatic carbocycles. The van der Waals surface area contributed by atoms with Gasteiger partial charge >= 0.3 is 134 Å². The van der Waals surface area contributed by atoms with Crippen molar-refractivity contribution < 1.29 is 0 Å². The predicted octanol–water partition coefficient (Wildman–Crippen LogP) is 2.29. The van der Waals surface area contributed by atoms with Gasteiger partial charge in [-0.3, -0.25) is 0 Å². The van der Waals surface area contributed by atoms with Gasteiger partial charge in [-0.15, -0.1) is 0 Å². The Morgan fingerprint density at radius 3 is 2.64 bits per heavy atom. The van der Waals surface area contributed by atoms with Gasteiger partial charge in [-0.05, 0) is 0 Å². The van der Waals surface area contributed by atoms with Gasteiger partial charge in [0.15, 0.2) is 0 Å². The summed E-state index contributed by atoms with van der Waals surface area (Å²) in [4.78, 5) is 15.2. The minimum absolute atomic E-state index is 0.0734. The molecule has 0 amide bonds. The third-order valence-corrected chi connectivity index (χ3v) is 5.90. The molecule has 2 aromatic carbocycles. The van der Waals surface area contributed by atoms with E-state index in [4.69, 9.17) is 0 Å². The Balaban J connectivity index is 1.82. The second kappa shape index (κ2) is 5.45. The second-order valence-electron chi connectivity index (χ2n) is 5.13. The Labute approximate surface area is 134 Å². The molecular formula is C19H13NOSe. The van der Waals surface area contributed by atoms with Crippen LogP contribution in [0.4, 0.5) is 0 Å². The molecule has 22 heavy (non-hydrogen) atoms. The quantitative estimate of drug-likeness (QED) is 0.553. The first kappa shape index (κ1) is 13.3. The van der Waals surface area contributed by atoms with E-state index in [0.717, 1.165) is 11.3 Å². The molecule has 3 heteroatoms. The summed E-state index contributed by atoms with van der Waals surface area (Å²) in [6.07, 6.45) is 2.02. The molecule has 2 aliphatic rings. The summed E-state index contributed by atoms with van der Waals surface area (Å²) >= 11 is 0.161. The Bertz CT molecular complexity index is 984. The van der Waals surface area contributed by atoms with Crippen LogP contribution >= 0.6 is 0 Å². The first-order chi connectivity index (χ1) is 10.8. The standard InChI is InChI=1S/C19H13NOSe/c21-18-9-4-8-17-16(18)11-14(12-20-17)22-19-10-3-6-13-5-1-2-7-15(13)19/h1-12,20H. The molecule has 0 saturated heterocycles. The molecule has 0 spiro atoms. The van der Waals surface area contributed by atoms with Gasteiger partial charge in [0.2, 0.25) is 0 Å². The molecule has 0 radical (unpaired) electrons. The molecular weight excluding hydrogens is 337 g/mol. The fourth-order valence-corrected chi connectivity index (χ4v) is 4.70. The molecule has 1 heterocycles. The molecule has 0 aromatic heterocycles. The average molecular weight is 350 g/mol. The summed E-state index contributed by atoms with van der Waals surface area (Å²) < 4.78 is 2.52. The molecule has 2 nitrogen and oxygen atoms in total. The molecule has 0 bridgehead atoms. The van der Waals surface area contributed by atoms with Crippen molar-refractivity contribution in [3.05, 3.63) is 83.2 Å². The third-order valence-electron chi connectivity index (χ3n) is 3.70. The van der Waals surface area contributed by atoms with Crippen LogP contribution in [0.1, 0.15) is 0 Å². The zero-order valence-electron chi connectivity index (χ0n) is 11.7. The molecule has 1 N–H and O–H groups in total. The fourth-order valence-electron chi connectivity index (χ4n) is 2.62. The van der Waals surface area contributed by atoms with E-state index in [-0.39, 0.29) is 20.4 Å². The molecule has 4 rings (SSSR count). The summed E-state index contributed by atoms with van der Waals surface area (Å²) in [6.45, 7) is 0. The van der Waals surface area contributed by atoms with E-state index in [2.05, 4.69) is 47.4 Å². The maximum atomic E-state index is 12.0. The number of rotatable bonds is 2. The minimum atomic E-state index is 0.0734. The number of fused-ring (bicyclic) bond motifs is 2. The SMILES string of the molecule is O=c1cccc2[nH]cc([Se]c3cccc4ccccc34)cc1-2. The van der Waals surface area contributed by atoms with E-state index in [0.29, 0.717) is 0 Å². The van der Waals surface area contributed by atoms with E-state index < -0.39 is 0 Å². The number of hydrogen-bond donors (Lipinski definition) is 1. The molecule has 0 fully saturated rings. The van der Waals surface area contributed by atoms with Crippen molar-refractivity contribution in [1.82, 2.24) is 4.98 Å². The predicted molar refractivity (Wildman–Crippen MR) is 92.7 cm³/mol. The van der Waals surface area contributed by atoms with Crippen molar-refractivity contribution in [2.45, 2.75) is 0 Å². The number of nitrogens with one attached hydrogen (secondary N) is 1. The average Bonchev–Trinajstić information content (AvgIpc) is 2.56. The van der Waals surface area contributed by atoms with Crippen LogP contribution in [0.3, 0.4) is 0 Å². The van der Waals surface area contributed by atoms with Crippen LogP contribution in [-0.4, -0.2) is 19.9 Å². The van der Waals surface area contributed by atoms with Crippen LogP contribution in [0.2, 0.25) is 0 Å². The van der Waals surface area contributed by atoms with Gasteiger partial charge < -0.3 is 0 Å². The third kappa shape index (κ3) is 2.35. The fraction of sp³-hybridized carbons (Fsp3) is 0. The zero-order chi connectivity index (χ0) is 14.9. The Morgan fingerprint density at radius 2 is 1.68 bits per heavy atom. The van der Waals surface area contributed by atoms with E-state index in [1.165, 1.54) is 19.7 Å². The number of benzene rings is 3.